The monoisotopic (exact) mass is 422 g/mol. The van der Waals surface area contributed by atoms with Gasteiger partial charge in [-0.3, -0.25) is 0 Å². The third-order valence-electron chi connectivity index (χ3n) is 3.80. The standard InChI is InChI=1S/C18H10ClF3N4OS/c19-16-24-11(9-4-6-10(7-5-9)18(20,21)22)8-14(25-16)27-12-2-1-3-13-15(12)26-17(23)28-13/h1-8H,(H2,23,26). The molecule has 5 nitrogen and oxygen atoms in total. The number of aromatic nitrogens is 3. The lowest BCUT2D eigenvalue weighted by atomic mass is 10.1. The number of nitrogen functional groups attached to an aromatic ring is 1. The minimum Gasteiger partial charge on any atom is -0.437 e. The van der Waals surface area contributed by atoms with Crippen LogP contribution in [0.25, 0.3) is 21.5 Å². The lowest BCUT2D eigenvalue weighted by Gasteiger charge is -2.09. The number of nitrogens with two attached hydrogens (primary N) is 1. The summed E-state index contributed by atoms with van der Waals surface area (Å²) in [5.41, 5.74) is 6.35. The molecule has 0 radical (unpaired) electrons. The molecular formula is C18H10ClF3N4OS. The molecule has 0 saturated carbocycles. The number of para-hydroxylation sites is 1. The van der Waals surface area contributed by atoms with E-state index in [9.17, 15) is 13.2 Å². The number of halogens is 4. The largest absolute Gasteiger partial charge is 0.437 e. The zero-order valence-corrected chi connectivity index (χ0v) is 15.4. The van der Waals surface area contributed by atoms with Gasteiger partial charge in [0, 0.05) is 11.6 Å². The van der Waals surface area contributed by atoms with E-state index >= 15 is 0 Å². The number of hydrogen-bond donors (Lipinski definition) is 1. The summed E-state index contributed by atoms with van der Waals surface area (Å²) in [4.78, 5) is 12.3. The van der Waals surface area contributed by atoms with Crippen LogP contribution in [0.2, 0.25) is 5.28 Å². The van der Waals surface area contributed by atoms with Crippen LogP contribution in [0.15, 0.2) is 48.5 Å². The summed E-state index contributed by atoms with van der Waals surface area (Å²) in [5, 5.41) is 0.301. The van der Waals surface area contributed by atoms with Gasteiger partial charge in [-0.25, -0.2) is 9.97 Å². The number of nitrogens with zero attached hydrogens (tertiary/aromatic N) is 3. The Kier molecular flexibility index (Phi) is 4.56. The van der Waals surface area contributed by atoms with Crippen LogP contribution in [0, 0.1) is 0 Å². The number of benzene rings is 2. The Morgan fingerprint density at radius 2 is 1.75 bits per heavy atom. The van der Waals surface area contributed by atoms with E-state index in [2.05, 4.69) is 15.0 Å². The Morgan fingerprint density at radius 3 is 2.46 bits per heavy atom. The van der Waals surface area contributed by atoms with Crippen LogP contribution < -0.4 is 10.5 Å². The van der Waals surface area contributed by atoms with Crippen LogP contribution in [-0.4, -0.2) is 15.0 Å². The molecule has 0 saturated heterocycles. The van der Waals surface area contributed by atoms with Crippen molar-refractivity contribution in [1.82, 2.24) is 15.0 Å². The fourth-order valence-electron chi connectivity index (χ4n) is 2.56. The maximum absolute atomic E-state index is 12.7. The van der Waals surface area contributed by atoms with E-state index in [1.165, 1.54) is 29.5 Å². The molecular weight excluding hydrogens is 413 g/mol. The van der Waals surface area contributed by atoms with Crippen LogP contribution in [-0.2, 0) is 6.18 Å². The van der Waals surface area contributed by atoms with Gasteiger partial charge in [-0.1, -0.05) is 29.5 Å². The Hall–Kier alpha value is -2.91. The average Bonchev–Trinajstić information content (AvgIpc) is 3.02. The molecule has 2 aromatic carbocycles. The fourth-order valence-corrected chi connectivity index (χ4v) is 3.49. The third-order valence-corrected chi connectivity index (χ3v) is 4.82. The molecule has 2 aromatic heterocycles. The van der Waals surface area contributed by atoms with Gasteiger partial charge in [-0.2, -0.15) is 18.2 Å². The molecule has 0 aliphatic heterocycles. The van der Waals surface area contributed by atoms with E-state index in [0.29, 0.717) is 27.7 Å². The molecule has 4 rings (SSSR count). The van der Waals surface area contributed by atoms with Gasteiger partial charge in [0.15, 0.2) is 10.9 Å². The zero-order chi connectivity index (χ0) is 19.9. The van der Waals surface area contributed by atoms with Crippen LogP contribution in [0.4, 0.5) is 18.3 Å². The van der Waals surface area contributed by atoms with Crippen molar-refractivity contribution in [3.8, 4) is 22.9 Å². The number of anilines is 1. The number of fused-ring (bicyclic) bond motifs is 1. The number of rotatable bonds is 3. The number of thiazole rings is 1. The second kappa shape index (κ2) is 6.92. The van der Waals surface area contributed by atoms with Gasteiger partial charge in [-0.15, -0.1) is 0 Å². The van der Waals surface area contributed by atoms with Crippen molar-refractivity contribution in [2.45, 2.75) is 6.18 Å². The highest BCUT2D eigenvalue weighted by molar-refractivity contribution is 7.22. The van der Waals surface area contributed by atoms with Gasteiger partial charge in [0.25, 0.3) is 0 Å². The van der Waals surface area contributed by atoms with Gasteiger partial charge in [0.1, 0.15) is 5.52 Å². The molecule has 0 bridgehead atoms. The highest BCUT2D eigenvalue weighted by Gasteiger charge is 2.30. The predicted molar refractivity (Wildman–Crippen MR) is 102 cm³/mol. The SMILES string of the molecule is Nc1nc2c(Oc3cc(-c4ccc(C(F)(F)F)cc4)nc(Cl)n3)cccc2s1. The Bertz CT molecular complexity index is 1160. The normalized spacial score (nSPS) is 11.7. The maximum atomic E-state index is 12.7. The minimum atomic E-state index is -4.41. The van der Waals surface area contributed by atoms with Crippen LogP contribution in [0.1, 0.15) is 5.56 Å². The van der Waals surface area contributed by atoms with Crippen molar-refractivity contribution >= 4 is 38.3 Å². The van der Waals surface area contributed by atoms with Crippen molar-refractivity contribution in [3.05, 3.63) is 59.4 Å². The molecule has 2 heterocycles. The molecule has 142 valence electrons. The van der Waals surface area contributed by atoms with Crippen molar-refractivity contribution in [3.63, 3.8) is 0 Å². The van der Waals surface area contributed by atoms with Crippen LogP contribution >= 0.6 is 22.9 Å². The van der Waals surface area contributed by atoms with Crippen LogP contribution in [0.3, 0.4) is 0 Å². The van der Waals surface area contributed by atoms with Gasteiger partial charge in [-0.05, 0) is 35.9 Å². The molecule has 0 aliphatic rings. The van der Waals surface area contributed by atoms with E-state index < -0.39 is 11.7 Å². The summed E-state index contributed by atoms with van der Waals surface area (Å²) in [6.45, 7) is 0. The first kappa shape index (κ1) is 18.5. The molecule has 28 heavy (non-hydrogen) atoms. The third kappa shape index (κ3) is 3.71. The second-order valence-corrected chi connectivity index (χ2v) is 7.09. The van der Waals surface area contributed by atoms with E-state index in [1.54, 1.807) is 12.1 Å². The first-order valence-electron chi connectivity index (χ1n) is 7.85. The minimum absolute atomic E-state index is 0.0997. The predicted octanol–water partition coefficient (Wildman–Crippen LogP) is 5.80. The maximum Gasteiger partial charge on any atom is 0.416 e. The average molecular weight is 423 g/mol. The van der Waals surface area contributed by atoms with E-state index in [1.807, 2.05) is 6.07 Å². The highest BCUT2D eigenvalue weighted by atomic mass is 35.5. The first-order valence-corrected chi connectivity index (χ1v) is 9.04. The van der Waals surface area contributed by atoms with E-state index in [0.717, 1.165) is 16.8 Å². The Balaban J connectivity index is 1.69. The number of hydrogen-bond acceptors (Lipinski definition) is 6. The lowest BCUT2D eigenvalue weighted by Crippen LogP contribution is -2.04. The molecule has 0 amide bonds. The van der Waals surface area contributed by atoms with Gasteiger partial charge >= 0.3 is 6.18 Å². The van der Waals surface area contributed by atoms with Crippen molar-refractivity contribution in [2.75, 3.05) is 5.73 Å². The zero-order valence-electron chi connectivity index (χ0n) is 13.9. The smallest absolute Gasteiger partial charge is 0.416 e. The molecule has 0 fully saturated rings. The van der Waals surface area contributed by atoms with Crippen LogP contribution in [0.5, 0.6) is 11.6 Å². The number of ether oxygens (including phenoxy) is 1. The molecule has 2 N–H and O–H groups in total. The Morgan fingerprint density at radius 1 is 1.00 bits per heavy atom. The first-order chi connectivity index (χ1) is 13.3. The molecule has 0 atom stereocenters. The van der Waals surface area contributed by atoms with Crippen molar-refractivity contribution < 1.29 is 17.9 Å². The van der Waals surface area contributed by atoms with Crippen molar-refractivity contribution in [2.24, 2.45) is 0 Å². The van der Waals surface area contributed by atoms with Gasteiger partial charge in [0.05, 0.1) is 16.0 Å². The van der Waals surface area contributed by atoms with E-state index in [-0.39, 0.29) is 11.2 Å². The lowest BCUT2D eigenvalue weighted by molar-refractivity contribution is -0.137. The summed E-state index contributed by atoms with van der Waals surface area (Å²) in [7, 11) is 0. The second-order valence-electron chi connectivity index (χ2n) is 5.69. The molecule has 0 spiro atoms. The number of alkyl halides is 3. The van der Waals surface area contributed by atoms with Crippen molar-refractivity contribution in [1.29, 1.82) is 0 Å². The highest BCUT2D eigenvalue weighted by Crippen LogP contribution is 2.35. The summed E-state index contributed by atoms with van der Waals surface area (Å²) in [5.74, 6) is 0.563. The summed E-state index contributed by atoms with van der Waals surface area (Å²) < 4.78 is 44.9. The topological polar surface area (TPSA) is 73.9 Å². The molecule has 4 aromatic rings. The fraction of sp³-hybridized carbons (Fsp3) is 0.0556. The van der Waals surface area contributed by atoms with E-state index in [4.69, 9.17) is 22.1 Å². The molecule has 0 aliphatic carbocycles. The van der Waals surface area contributed by atoms with Gasteiger partial charge in [0.2, 0.25) is 11.2 Å². The quantitative estimate of drug-likeness (QED) is 0.422. The summed E-state index contributed by atoms with van der Waals surface area (Å²) in [6.07, 6.45) is -4.41. The van der Waals surface area contributed by atoms with Gasteiger partial charge < -0.3 is 10.5 Å². The molecule has 0 unspecified atom stereocenters. The Labute approximate surface area is 165 Å². The summed E-state index contributed by atoms with van der Waals surface area (Å²) in [6, 6.07) is 11.4. The summed E-state index contributed by atoms with van der Waals surface area (Å²) >= 11 is 7.30. The molecule has 10 heteroatoms.